The average molecular weight is 206 g/mol. The van der Waals surface area contributed by atoms with Gasteiger partial charge in [-0.25, -0.2) is 0 Å². The monoisotopic (exact) mass is 206 g/mol. The van der Waals surface area contributed by atoms with E-state index in [4.69, 9.17) is 10.00 Å². The number of aliphatic hydroxyl groups excluding tert-OH is 1. The Morgan fingerprint density at radius 3 is 2.08 bits per heavy atom. The van der Waals surface area contributed by atoms with Gasteiger partial charge in [0.25, 0.3) is 0 Å². The van der Waals surface area contributed by atoms with E-state index in [-0.39, 0.29) is 13.7 Å². The van der Waals surface area contributed by atoms with Gasteiger partial charge in [-0.15, -0.1) is 0 Å². The van der Waals surface area contributed by atoms with Gasteiger partial charge < -0.3 is 17.4 Å². The average Bonchev–Trinajstić information content (AvgIpc) is 2.05. The van der Waals surface area contributed by atoms with Crippen molar-refractivity contribution >= 4 is 8.03 Å². The Hall–Kier alpha value is -0.840. The predicted octanol–water partition coefficient (Wildman–Crippen LogP) is 1.85. The third kappa shape index (κ3) is 4.07. The molecule has 74 valence electrons. The molecule has 1 aromatic rings. The first-order valence-corrected chi connectivity index (χ1v) is 4.38. The van der Waals surface area contributed by atoms with Gasteiger partial charge in [0.1, 0.15) is 0 Å². The van der Waals surface area contributed by atoms with Gasteiger partial charge in [0.2, 0.25) is 0 Å². The van der Waals surface area contributed by atoms with E-state index in [9.17, 15) is 4.57 Å². The Balaban J connectivity index is -0.000000403. The van der Waals surface area contributed by atoms with Crippen LogP contribution in [0.4, 0.5) is 0 Å². The molecule has 0 aliphatic rings. The van der Waals surface area contributed by atoms with Crippen LogP contribution in [-0.4, -0.2) is 10.00 Å². The minimum Gasteiger partial charge on any atom is -0.345 e. The number of hydrogen-bond acceptors (Lipinski definition) is 4. The number of rotatable bonds is 2. The minimum absolute atomic E-state index is 0. The smallest absolute Gasteiger partial charge is 0.345 e. The summed E-state index contributed by atoms with van der Waals surface area (Å²) >= 11 is 0. The van der Waals surface area contributed by atoms with Crippen molar-refractivity contribution < 1.29 is 16.0 Å². The highest BCUT2D eigenvalue weighted by Crippen LogP contribution is 2.34. The van der Waals surface area contributed by atoms with E-state index < -0.39 is 13.9 Å². The molecule has 6 heteroatoms. The molecule has 1 rings (SSSR count). The van der Waals surface area contributed by atoms with E-state index in [0.717, 1.165) is 0 Å². The third-order valence-corrected chi connectivity index (χ3v) is 2.02. The second kappa shape index (κ2) is 6.65. The molecule has 8 N–H and O–H groups in total. The summed E-state index contributed by atoms with van der Waals surface area (Å²) < 4.78 is 10.4. The van der Waals surface area contributed by atoms with Gasteiger partial charge in [-0.1, -0.05) is 30.3 Å². The molecule has 0 amide bonds. The van der Waals surface area contributed by atoms with Crippen LogP contribution in [0.25, 0.3) is 0 Å². The van der Waals surface area contributed by atoms with Gasteiger partial charge in [0, 0.05) is 5.56 Å². The number of aliphatic hydroxyl groups is 1. The first kappa shape index (κ1) is 14.7. The van der Waals surface area contributed by atoms with Gasteiger partial charge >= 0.3 is 15.3 Å². The van der Waals surface area contributed by atoms with Gasteiger partial charge in [-0.05, 0) is 4.57 Å². The van der Waals surface area contributed by atoms with Crippen molar-refractivity contribution in [2.75, 3.05) is 0 Å². The SMILES string of the molecule is N.N.O=[P+](O)C(O)c1ccccc1.[H+]. The van der Waals surface area contributed by atoms with Crippen molar-refractivity contribution in [3.8, 4) is 0 Å². The van der Waals surface area contributed by atoms with E-state index in [1.54, 1.807) is 30.3 Å². The Morgan fingerprint density at radius 1 is 1.23 bits per heavy atom. The van der Waals surface area contributed by atoms with Crippen LogP contribution in [-0.2, 0) is 4.57 Å². The van der Waals surface area contributed by atoms with Crippen molar-refractivity contribution in [2.45, 2.75) is 5.85 Å². The minimum atomic E-state index is -2.53. The molecule has 5 nitrogen and oxygen atoms in total. The highest BCUT2D eigenvalue weighted by Gasteiger charge is 2.27. The van der Waals surface area contributed by atoms with Crippen LogP contribution in [0.3, 0.4) is 0 Å². The highest BCUT2D eigenvalue weighted by molar-refractivity contribution is 7.38. The third-order valence-electron chi connectivity index (χ3n) is 1.31. The van der Waals surface area contributed by atoms with Gasteiger partial charge in [-0.3, -0.25) is 0 Å². The first-order chi connectivity index (χ1) is 5.22. The molecular formula is C7H15N2O3P+2. The van der Waals surface area contributed by atoms with Crippen LogP contribution >= 0.6 is 8.03 Å². The normalized spacial score (nSPS) is 12.0. The van der Waals surface area contributed by atoms with Crippen LogP contribution in [0.2, 0.25) is 0 Å². The number of benzene rings is 1. The van der Waals surface area contributed by atoms with Gasteiger partial charge in [0.05, 0.1) is 0 Å². The summed E-state index contributed by atoms with van der Waals surface area (Å²) in [4.78, 5) is 8.53. The molecule has 0 radical (unpaired) electrons. The number of hydrogen-bond donors (Lipinski definition) is 4. The fraction of sp³-hybridized carbons (Fsp3) is 0.143. The zero-order chi connectivity index (χ0) is 8.27. The molecular weight excluding hydrogens is 191 g/mol. The fourth-order valence-electron chi connectivity index (χ4n) is 0.753. The summed E-state index contributed by atoms with van der Waals surface area (Å²) in [6.45, 7) is 0. The molecule has 2 unspecified atom stereocenters. The lowest BCUT2D eigenvalue weighted by Gasteiger charge is -1.94. The maximum Gasteiger partial charge on any atom is 1.00 e. The Kier molecular flexibility index (Phi) is 7.51. The van der Waals surface area contributed by atoms with E-state index >= 15 is 0 Å². The van der Waals surface area contributed by atoms with Crippen molar-refractivity contribution in [3.63, 3.8) is 0 Å². The second-order valence-electron chi connectivity index (χ2n) is 2.09. The van der Waals surface area contributed by atoms with Crippen molar-refractivity contribution in [1.82, 2.24) is 12.3 Å². The molecule has 0 bridgehead atoms. The Bertz CT molecular complexity index is 260. The zero-order valence-electron chi connectivity index (χ0n) is 8.13. The lowest BCUT2D eigenvalue weighted by atomic mass is 10.2. The molecule has 0 fully saturated rings. The lowest BCUT2D eigenvalue weighted by Crippen LogP contribution is -1.89. The molecule has 1 aromatic carbocycles. The van der Waals surface area contributed by atoms with E-state index in [1.807, 2.05) is 0 Å². The van der Waals surface area contributed by atoms with Crippen LogP contribution in [0.5, 0.6) is 0 Å². The zero-order valence-corrected chi connectivity index (χ0v) is 8.02. The molecule has 2 atom stereocenters. The standard InChI is InChI=1S/C7H7O3P.2H3N/c8-7(11(9)10)6-4-2-1-3-5-6;;/h1-5,7-8H;2*1H3/p+2. The summed E-state index contributed by atoms with van der Waals surface area (Å²) in [5.41, 5.74) is 0.469. The maximum absolute atomic E-state index is 10.4. The lowest BCUT2D eigenvalue weighted by molar-refractivity contribution is 0.243. The highest BCUT2D eigenvalue weighted by atomic mass is 31.1. The van der Waals surface area contributed by atoms with Crippen molar-refractivity contribution in [2.24, 2.45) is 0 Å². The topological polar surface area (TPSA) is 128 Å². The van der Waals surface area contributed by atoms with Crippen LogP contribution < -0.4 is 12.3 Å². The van der Waals surface area contributed by atoms with E-state index in [0.29, 0.717) is 5.56 Å². The Morgan fingerprint density at radius 2 is 1.69 bits per heavy atom. The van der Waals surface area contributed by atoms with Gasteiger partial charge in [-0.2, -0.15) is 4.89 Å². The van der Waals surface area contributed by atoms with Crippen LogP contribution in [0.15, 0.2) is 30.3 Å². The van der Waals surface area contributed by atoms with E-state index in [2.05, 4.69) is 0 Å². The van der Waals surface area contributed by atoms with Crippen molar-refractivity contribution in [3.05, 3.63) is 35.9 Å². The van der Waals surface area contributed by atoms with E-state index in [1.165, 1.54) is 0 Å². The molecule has 0 saturated carbocycles. The quantitative estimate of drug-likeness (QED) is 0.549. The molecule has 0 aliphatic heterocycles. The first-order valence-electron chi connectivity index (χ1n) is 3.10. The van der Waals surface area contributed by atoms with Crippen molar-refractivity contribution in [1.29, 1.82) is 0 Å². The molecule has 0 saturated heterocycles. The second-order valence-corrected chi connectivity index (χ2v) is 3.18. The predicted molar refractivity (Wildman–Crippen MR) is 52.4 cm³/mol. The Labute approximate surface area is 78.9 Å². The molecule has 0 aliphatic carbocycles. The summed E-state index contributed by atoms with van der Waals surface area (Å²) in [6.07, 6.45) is 0. The summed E-state index contributed by atoms with van der Waals surface area (Å²) in [5, 5.41) is 9.06. The van der Waals surface area contributed by atoms with Crippen LogP contribution in [0, 0.1) is 0 Å². The van der Waals surface area contributed by atoms with Crippen LogP contribution in [0.1, 0.15) is 12.8 Å². The maximum atomic E-state index is 10.4. The fourth-order valence-corrected chi connectivity index (χ4v) is 1.18. The largest absolute Gasteiger partial charge is 1.00 e. The summed E-state index contributed by atoms with van der Waals surface area (Å²) in [6, 6.07) is 8.40. The molecule has 0 spiro atoms. The molecule has 0 heterocycles. The van der Waals surface area contributed by atoms with Gasteiger partial charge in [0.15, 0.2) is 0 Å². The molecule has 0 aromatic heterocycles. The summed E-state index contributed by atoms with van der Waals surface area (Å²) in [5.74, 6) is -1.26. The summed E-state index contributed by atoms with van der Waals surface area (Å²) in [7, 11) is -2.53. The molecule has 13 heavy (non-hydrogen) atoms.